The number of halogens is 1. The molecule has 1 aromatic carbocycles. The van der Waals surface area contributed by atoms with Crippen molar-refractivity contribution in [1.82, 2.24) is 4.90 Å². The largest absolute Gasteiger partial charge is 0.488 e. The van der Waals surface area contributed by atoms with Crippen molar-refractivity contribution in [1.29, 1.82) is 0 Å². The molecule has 0 N–H and O–H groups in total. The Labute approximate surface area is 115 Å². The van der Waals surface area contributed by atoms with E-state index < -0.39 is 0 Å². The molecule has 1 saturated heterocycles. The van der Waals surface area contributed by atoms with Crippen LogP contribution in [0.25, 0.3) is 0 Å². The van der Waals surface area contributed by atoms with E-state index in [-0.39, 0.29) is 24.6 Å². The van der Waals surface area contributed by atoms with Crippen LogP contribution in [0.3, 0.4) is 0 Å². The Kier molecular flexibility index (Phi) is 2.67. The minimum absolute atomic E-state index is 0.000753. The number of urea groups is 1. The maximum atomic E-state index is 12.0. The molecule has 1 unspecified atom stereocenters. The average Bonchev–Trinajstić information content (AvgIpc) is 2.84. The fraction of sp³-hybridized carbons (Fsp3) is 0.385. The summed E-state index contributed by atoms with van der Waals surface area (Å²) in [5.41, 5.74) is 1.42. The standard InChI is InChI=1S/C13H13ClN2O3/c1-7-5-8-10(4-3-9(14)12(8)19-7)16-11(17)6-15(2)13(16)18/h3-4,7H,5-6H2,1-2H3. The SMILES string of the molecule is CC1Cc2c(N3C(=O)CN(C)C3=O)ccc(Cl)c2O1. The van der Waals surface area contributed by atoms with Crippen molar-refractivity contribution < 1.29 is 14.3 Å². The van der Waals surface area contributed by atoms with E-state index in [0.29, 0.717) is 22.9 Å². The number of anilines is 1. The van der Waals surface area contributed by atoms with Crippen molar-refractivity contribution in [2.24, 2.45) is 0 Å². The van der Waals surface area contributed by atoms with Gasteiger partial charge in [-0.05, 0) is 19.1 Å². The molecule has 2 heterocycles. The van der Waals surface area contributed by atoms with Gasteiger partial charge in [0, 0.05) is 19.0 Å². The first-order valence-electron chi connectivity index (χ1n) is 6.05. The van der Waals surface area contributed by atoms with Gasteiger partial charge in [0.05, 0.1) is 10.7 Å². The molecule has 19 heavy (non-hydrogen) atoms. The lowest BCUT2D eigenvalue weighted by Crippen LogP contribution is -2.32. The van der Waals surface area contributed by atoms with Gasteiger partial charge in [0.25, 0.3) is 5.91 Å². The highest BCUT2D eigenvalue weighted by Crippen LogP contribution is 2.42. The molecular formula is C13H13ClN2O3. The maximum Gasteiger partial charge on any atom is 0.331 e. The van der Waals surface area contributed by atoms with Crippen LogP contribution in [0.5, 0.6) is 5.75 Å². The van der Waals surface area contributed by atoms with Crippen LogP contribution in [-0.4, -0.2) is 36.5 Å². The Morgan fingerprint density at radius 3 is 2.74 bits per heavy atom. The van der Waals surface area contributed by atoms with Crippen molar-refractivity contribution in [2.75, 3.05) is 18.5 Å². The Morgan fingerprint density at radius 1 is 1.37 bits per heavy atom. The van der Waals surface area contributed by atoms with Gasteiger partial charge in [0.1, 0.15) is 18.4 Å². The zero-order chi connectivity index (χ0) is 13.7. The molecule has 3 rings (SSSR count). The highest BCUT2D eigenvalue weighted by atomic mass is 35.5. The summed E-state index contributed by atoms with van der Waals surface area (Å²) in [4.78, 5) is 26.6. The summed E-state index contributed by atoms with van der Waals surface area (Å²) in [6, 6.07) is 3.05. The first-order valence-corrected chi connectivity index (χ1v) is 6.43. The van der Waals surface area contributed by atoms with E-state index in [9.17, 15) is 9.59 Å². The number of likely N-dealkylation sites (N-methyl/N-ethyl adjacent to an activating group) is 1. The van der Waals surface area contributed by atoms with Crippen molar-refractivity contribution in [3.8, 4) is 5.75 Å². The van der Waals surface area contributed by atoms with Gasteiger partial charge in [-0.2, -0.15) is 0 Å². The van der Waals surface area contributed by atoms with Crippen LogP contribution < -0.4 is 9.64 Å². The van der Waals surface area contributed by atoms with Crippen molar-refractivity contribution in [3.63, 3.8) is 0 Å². The molecule has 0 aliphatic carbocycles. The van der Waals surface area contributed by atoms with Crippen molar-refractivity contribution >= 4 is 29.2 Å². The predicted octanol–water partition coefficient (Wildman–Crippen LogP) is 2.06. The molecule has 3 amide bonds. The van der Waals surface area contributed by atoms with E-state index in [1.807, 2.05) is 6.92 Å². The molecule has 1 atom stereocenters. The van der Waals surface area contributed by atoms with Gasteiger partial charge >= 0.3 is 6.03 Å². The number of hydrogen-bond donors (Lipinski definition) is 0. The number of ether oxygens (including phenoxy) is 1. The van der Waals surface area contributed by atoms with Crippen LogP contribution >= 0.6 is 11.6 Å². The second-order valence-corrected chi connectivity index (χ2v) is 5.28. The minimum Gasteiger partial charge on any atom is -0.488 e. The fourth-order valence-corrected chi connectivity index (χ4v) is 2.73. The molecule has 2 aliphatic heterocycles. The lowest BCUT2D eigenvalue weighted by molar-refractivity contribution is -0.116. The van der Waals surface area contributed by atoms with Gasteiger partial charge in [-0.1, -0.05) is 11.6 Å². The van der Waals surface area contributed by atoms with Crippen molar-refractivity contribution in [3.05, 3.63) is 22.7 Å². The molecule has 5 nitrogen and oxygen atoms in total. The normalized spacial score (nSPS) is 21.9. The summed E-state index contributed by atoms with van der Waals surface area (Å²) in [5, 5.41) is 0.510. The molecule has 0 radical (unpaired) electrons. The number of carbonyl (C=O) groups excluding carboxylic acids is 2. The molecule has 2 aliphatic rings. The Morgan fingerprint density at radius 2 is 2.11 bits per heavy atom. The molecule has 1 aromatic rings. The molecule has 0 aromatic heterocycles. The molecule has 0 spiro atoms. The lowest BCUT2D eigenvalue weighted by Gasteiger charge is -2.17. The summed E-state index contributed by atoms with van der Waals surface area (Å²) in [6.45, 7) is 2.03. The van der Waals surface area contributed by atoms with Crippen LogP contribution in [0.2, 0.25) is 5.02 Å². The fourth-order valence-electron chi connectivity index (χ4n) is 2.51. The van der Waals surface area contributed by atoms with Gasteiger partial charge in [0.15, 0.2) is 0 Å². The van der Waals surface area contributed by atoms with Gasteiger partial charge in [0.2, 0.25) is 0 Å². The summed E-state index contributed by atoms with van der Waals surface area (Å²) in [5.74, 6) is 0.360. The van der Waals surface area contributed by atoms with Gasteiger partial charge in [-0.15, -0.1) is 0 Å². The second-order valence-electron chi connectivity index (χ2n) is 4.87. The highest BCUT2D eigenvalue weighted by Gasteiger charge is 2.38. The predicted molar refractivity (Wildman–Crippen MR) is 70.8 cm³/mol. The second kappa shape index (κ2) is 4.13. The molecule has 6 heteroatoms. The Bertz CT molecular complexity index is 587. The third-order valence-corrected chi connectivity index (χ3v) is 3.68. The lowest BCUT2D eigenvalue weighted by atomic mass is 10.1. The number of amides is 3. The van der Waals surface area contributed by atoms with E-state index in [0.717, 1.165) is 5.56 Å². The zero-order valence-corrected chi connectivity index (χ0v) is 11.4. The molecule has 1 fully saturated rings. The monoisotopic (exact) mass is 280 g/mol. The van der Waals surface area contributed by atoms with Gasteiger partial charge in [-0.3, -0.25) is 4.79 Å². The highest BCUT2D eigenvalue weighted by molar-refractivity contribution is 6.32. The van der Waals surface area contributed by atoms with Gasteiger partial charge < -0.3 is 9.64 Å². The summed E-state index contributed by atoms with van der Waals surface area (Å²) in [6.07, 6.45) is 0.644. The Hall–Kier alpha value is -1.75. The average molecular weight is 281 g/mol. The quantitative estimate of drug-likeness (QED) is 0.740. The minimum atomic E-state index is -0.311. The van der Waals surface area contributed by atoms with Crippen LogP contribution in [0.1, 0.15) is 12.5 Å². The Balaban J connectivity index is 2.11. The number of benzene rings is 1. The summed E-state index contributed by atoms with van der Waals surface area (Å²) >= 11 is 6.09. The maximum absolute atomic E-state index is 12.0. The first kappa shape index (κ1) is 12.3. The van der Waals surface area contributed by atoms with Crippen LogP contribution in [0, 0.1) is 0 Å². The molecule has 100 valence electrons. The molecular weight excluding hydrogens is 268 g/mol. The zero-order valence-electron chi connectivity index (χ0n) is 10.6. The molecule has 0 saturated carbocycles. The van der Waals surface area contributed by atoms with Gasteiger partial charge in [-0.25, -0.2) is 9.69 Å². The third-order valence-electron chi connectivity index (χ3n) is 3.38. The number of carbonyl (C=O) groups is 2. The van der Waals surface area contributed by atoms with Crippen LogP contribution in [0.15, 0.2) is 12.1 Å². The van der Waals surface area contributed by atoms with Crippen LogP contribution in [-0.2, 0) is 11.2 Å². The summed E-state index contributed by atoms with van der Waals surface area (Å²) in [7, 11) is 1.61. The summed E-state index contributed by atoms with van der Waals surface area (Å²) < 4.78 is 5.64. The molecule has 0 bridgehead atoms. The smallest absolute Gasteiger partial charge is 0.331 e. The number of fused-ring (bicyclic) bond motifs is 1. The van der Waals surface area contributed by atoms with E-state index >= 15 is 0 Å². The number of rotatable bonds is 1. The van der Waals surface area contributed by atoms with E-state index in [4.69, 9.17) is 16.3 Å². The third kappa shape index (κ3) is 1.76. The van der Waals surface area contributed by atoms with E-state index in [1.54, 1.807) is 19.2 Å². The van der Waals surface area contributed by atoms with E-state index in [2.05, 4.69) is 0 Å². The van der Waals surface area contributed by atoms with Crippen molar-refractivity contribution in [2.45, 2.75) is 19.4 Å². The number of hydrogen-bond acceptors (Lipinski definition) is 3. The topological polar surface area (TPSA) is 49.9 Å². The van der Waals surface area contributed by atoms with Crippen LogP contribution in [0.4, 0.5) is 10.5 Å². The number of imide groups is 1. The first-order chi connectivity index (χ1) is 8.99. The van der Waals surface area contributed by atoms with E-state index in [1.165, 1.54) is 9.80 Å². The number of nitrogens with zero attached hydrogens (tertiary/aromatic N) is 2.